The van der Waals surface area contributed by atoms with Gasteiger partial charge in [0.15, 0.2) is 0 Å². The van der Waals surface area contributed by atoms with E-state index in [4.69, 9.17) is 9.47 Å². The maximum Gasteiger partial charge on any atom is 0.508 e. The van der Waals surface area contributed by atoms with Crippen LogP contribution in [0.1, 0.15) is 18.4 Å². The molecule has 0 amide bonds. The first-order valence-corrected chi connectivity index (χ1v) is 6.56. The quantitative estimate of drug-likeness (QED) is 0.560. The Balaban J connectivity index is 2.50. The minimum absolute atomic E-state index is 0.0306. The van der Waals surface area contributed by atoms with E-state index in [0.29, 0.717) is 0 Å². The molecule has 0 radical (unpaired) electrons. The highest BCUT2D eigenvalue weighted by atomic mass is 16.7. The molecule has 1 aromatic rings. The van der Waals surface area contributed by atoms with Crippen molar-refractivity contribution in [2.45, 2.75) is 25.6 Å². The van der Waals surface area contributed by atoms with Crippen molar-refractivity contribution in [1.29, 1.82) is 0 Å². The van der Waals surface area contributed by atoms with Gasteiger partial charge in [-0.2, -0.15) is 0 Å². The van der Waals surface area contributed by atoms with Crippen LogP contribution >= 0.6 is 0 Å². The van der Waals surface area contributed by atoms with Crippen LogP contribution in [0, 0.1) is 0 Å². The predicted octanol–water partition coefficient (Wildman–Crippen LogP) is 1.83. The van der Waals surface area contributed by atoms with Crippen LogP contribution in [0.4, 0.5) is 4.79 Å². The lowest BCUT2D eigenvalue weighted by Gasteiger charge is -2.15. The molecule has 1 aromatic carbocycles. The van der Waals surface area contributed by atoms with E-state index in [-0.39, 0.29) is 19.4 Å². The fourth-order valence-corrected chi connectivity index (χ4v) is 1.58. The van der Waals surface area contributed by atoms with E-state index in [9.17, 15) is 14.4 Å². The Kier molecular flexibility index (Phi) is 7.45. The Hall–Kier alpha value is -2.57. The molecule has 7 heteroatoms. The number of esters is 2. The van der Waals surface area contributed by atoms with Crippen LogP contribution in [0.2, 0.25) is 0 Å². The van der Waals surface area contributed by atoms with Crippen molar-refractivity contribution in [3.05, 3.63) is 35.9 Å². The monoisotopic (exact) mass is 310 g/mol. The van der Waals surface area contributed by atoms with Crippen LogP contribution in [0.25, 0.3) is 0 Å². The van der Waals surface area contributed by atoms with Crippen molar-refractivity contribution in [3.63, 3.8) is 0 Å². The lowest BCUT2D eigenvalue weighted by atomic mass is 10.2. The topological polar surface area (TPSA) is 88.1 Å². The van der Waals surface area contributed by atoms with E-state index in [0.717, 1.165) is 5.56 Å². The lowest BCUT2D eigenvalue weighted by Crippen LogP contribution is -2.26. The normalized spacial score (nSPS) is 9.95. The van der Waals surface area contributed by atoms with Crippen LogP contribution in [0.3, 0.4) is 0 Å². The van der Waals surface area contributed by atoms with Gasteiger partial charge < -0.3 is 18.9 Å². The summed E-state index contributed by atoms with van der Waals surface area (Å²) in [5.74, 6) is -1.21. The fraction of sp³-hybridized carbons (Fsp3) is 0.400. The number of rotatable bonds is 7. The molecule has 0 heterocycles. The van der Waals surface area contributed by atoms with Crippen LogP contribution in [0.15, 0.2) is 30.3 Å². The van der Waals surface area contributed by atoms with E-state index in [2.05, 4.69) is 9.47 Å². The number of ether oxygens (including phenoxy) is 4. The molecule has 0 aliphatic heterocycles. The molecule has 7 nitrogen and oxygen atoms in total. The third-order valence-corrected chi connectivity index (χ3v) is 2.71. The van der Waals surface area contributed by atoms with Gasteiger partial charge in [-0.1, -0.05) is 30.3 Å². The zero-order chi connectivity index (χ0) is 16.4. The van der Waals surface area contributed by atoms with Crippen molar-refractivity contribution < 1.29 is 33.3 Å². The summed E-state index contributed by atoms with van der Waals surface area (Å²) in [6.45, 7) is 0.0306. The molecule has 0 aliphatic rings. The SMILES string of the molecule is COC(=O)CC(CC(=O)OC)OC(=O)OCc1ccccc1. The number of methoxy groups -OCH3 is 2. The second-order valence-corrected chi connectivity index (χ2v) is 4.32. The van der Waals surface area contributed by atoms with Gasteiger partial charge in [-0.15, -0.1) is 0 Å². The van der Waals surface area contributed by atoms with E-state index < -0.39 is 24.2 Å². The molecule has 0 atom stereocenters. The largest absolute Gasteiger partial charge is 0.508 e. The second kappa shape index (κ2) is 9.38. The summed E-state index contributed by atoms with van der Waals surface area (Å²) in [4.78, 5) is 34.1. The average Bonchev–Trinajstić information content (AvgIpc) is 2.53. The summed E-state index contributed by atoms with van der Waals surface area (Å²) in [6.07, 6.45) is -2.48. The van der Waals surface area contributed by atoms with Crippen LogP contribution in [-0.2, 0) is 35.1 Å². The molecule has 0 aliphatic carbocycles. The van der Waals surface area contributed by atoms with Gasteiger partial charge in [0.2, 0.25) is 0 Å². The molecule has 1 rings (SSSR count). The molecular formula is C15H18O7. The highest BCUT2D eigenvalue weighted by molar-refractivity contribution is 5.74. The molecule has 0 unspecified atom stereocenters. The van der Waals surface area contributed by atoms with E-state index in [1.165, 1.54) is 14.2 Å². The first-order chi connectivity index (χ1) is 10.5. The highest BCUT2D eigenvalue weighted by Crippen LogP contribution is 2.09. The van der Waals surface area contributed by atoms with Gasteiger partial charge in [0.05, 0.1) is 27.1 Å². The van der Waals surface area contributed by atoms with Gasteiger partial charge in [-0.3, -0.25) is 9.59 Å². The number of hydrogen-bond acceptors (Lipinski definition) is 7. The average molecular weight is 310 g/mol. The van der Waals surface area contributed by atoms with Crippen LogP contribution < -0.4 is 0 Å². The number of carbonyl (C=O) groups excluding carboxylic acids is 3. The van der Waals surface area contributed by atoms with Crippen molar-refractivity contribution in [2.24, 2.45) is 0 Å². The lowest BCUT2D eigenvalue weighted by molar-refractivity contribution is -0.147. The Morgan fingerprint density at radius 3 is 2.00 bits per heavy atom. The minimum Gasteiger partial charge on any atom is -0.469 e. The maximum atomic E-state index is 11.6. The van der Waals surface area contributed by atoms with Crippen molar-refractivity contribution >= 4 is 18.1 Å². The highest BCUT2D eigenvalue weighted by Gasteiger charge is 2.23. The Morgan fingerprint density at radius 2 is 1.50 bits per heavy atom. The third kappa shape index (κ3) is 6.74. The first-order valence-electron chi connectivity index (χ1n) is 6.56. The van der Waals surface area contributed by atoms with Gasteiger partial charge in [-0.05, 0) is 5.56 Å². The molecule has 0 aromatic heterocycles. The van der Waals surface area contributed by atoms with Gasteiger partial charge in [0.25, 0.3) is 0 Å². The van der Waals surface area contributed by atoms with Crippen molar-refractivity contribution in [2.75, 3.05) is 14.2 Å². The number of hydrogen-bond donors (Lipinski definition) is 0. The molecule has 0 saturated heterocycles. The molecule has 22 heavy (non-hydrogen) atoms. The van der Waals surface area contributed by atoms with Crippen molar-refractivity contribution in [1.82, 2.24) is 0 Å². The number of benzene rings is 1. The van der Waals surface area contributed by atoms with Gasteiger partial charge >= 0.3 is 18.1 Å². The Morgan fingerprint density at radius 1 is 0.955 bits per heavy atom. The summed E-state index contributed by atoms with van der Waals surface area (Å²) in [7, 11) is 2.40. The predicted molar refractivity (Wildman–Crippen MR) is 74.8 cm³/mol. The van der Waals surface area contributed by atoms with Crippen molar-refractivity contribution in [3.8, 4) is 0 Å². The molecule has 0 fully saturated rings. The number of carbonyl (C=O) groups is 3. The van der Waals surface area contributed by atoms with Gasteiger partial charge in [0, 0.05) is 0 Å². The van der Waals surface area contributed by atoms with Crippen LogP contribution in [0.5, 0.6) is 0 Å². The molecule has 120 valence electrons. The smallest absolute Gasteiger partial charge is 0.469 e. The summed E-state index contributed by atoms with van der Waals surface area (Å²) in [6, 6.07) is 9.02. The minimum atomic E-state index is -0.997. The standard InChI is InChI=1S/C15H18O7/c1-19-13(16)8-12(9-14(17)20-2)22-15(18)21-10-11-6-4-3-5-7-11/h3-7,12H,8-10H2,1-2H3. The zero-order valence-corrected chi connectivity index (χ0v) is 12.4. The molecule has 0 saturated carbocycles. The second-order valence-electron chi connectivity index (χ2n) is 4.32. The molecule has 0 N–H and O–H groups in total. The molecule has 0 spiro atoms. The maximum absolute atomic E-state index is 11.6. The third-order valence-electron chi connectivity index (χ3n) is 2.71. The molecular weight excluding hydrogens is 292 g/mol. The van der Waals surface area contributed by atoms with E-state index in [1.54, 1.807) is 24.3 Å². The van der Waals surface area contributed by atoms with E-state index >= 15 is 0 Å². The van der Waals surface area contributed by atoms with Crippen LogP contribution in [-0.4, -0.2) is 38.4 Å². The fourth-order valence-electron chi connectivity index (χ4n) is 1.58. The Bertz CT molecular complexity index is 480. The van der Waals surface area contributed by atoms with E-state index in [1.807, 2.05) is 6.07 Å². The summed E-state index contributed by atoms with van der Waals surface area (Å²) in [5.41, 5.74) is 0.789. The molecule has 0 bridgehead atoms. The van der Waals surface area contributed by atoms with Gasteiger partial charge in [-0.25, -0.2) is 4.79 Å². The zero-order valence-electron chi connectivity index (χ0n) is 12.4. The first kappa shape index (κ1) is 17.5. The summed E-state index contributed by atoms with van der Waals surface area (Å²) >= 11 is 0. The van der Waals surface area contributed by atoms with Gasteiger partial charge in [0.1, 0.15) is 12.7 Å². The summed E-state index contributed by atoms with van der Waals surface area (Å²) in [5, 5.41) is 0. The Labute approximate surface area is 128 Å². The summed E-state index contributed by atoms with van der Waals surface area (Å²) < 4.78 is 18.8.